The maximum absolute atomic E-state index is 12.7. The number of rotatable bonds is 6. The zero-order chi connectivity index (χ0) is 21.0. The number of methoxy groups -OCH3 is 1. The second kappa shape index (κ2) is 9.13. The highest BCUT2D eigenvalue weighted by Crippen LogP contribution is 2.27. The average Bonchev–Trinajstić information content (AvgIpc) is 2.74. The molecule has 29 heavy (non-hydrogen) atoms. The van der Waals surface area contributed by atoms with Crippen LogP contribution in [0.4, 0.5) is 5.69 Å². The van der Waals surface area contributed by atoms with Crippen LogP contribution in [0.15, 0.2) is 53.4 Å². The molecule has 1 unspecified atom stereocenters. The van der Waals surface area contributed by atoms with Crippen LogP contribution in [0.1, 0.15) is 6.92 Å². The van der Waals surface area contributed by atoms with E-state index >= 15 is 0 Å². The molecule has 0 spiro atoms. The minimum Gasteiger partial charge on any atom is -0.495 e. The normalized spacial score (nSPS) is 16.9. The summed E-state index contributed by atoms with van der Waals surface area (Å²) in [4.78, 5) is 14.9. The van der Waals surface area contributed by atoms with Crippen LogP contribution in [0.3, 0.4) is 0 Å². The number of amides is 1. The first-order valence-corrected chi connectivity index (χ1v) is 11.1. The number of piperazine rings is 1. The predicted octanol–water partition coefficient (Wildman–Crippen LogP) is 2.68. The zero-order valence-electron chi connectivity index (χ0n) is 16.3. The lowest BCUT2D eigenvalue weighted by Gasteiger charge is -2.36. The molecule has 7 nitrogen and oxygen atoms in total. The fourth-order valence-electron chi connectivity index (χ4n) is 3.23. The number of sulfonamides is 1. The number of hydrogen-bond donors (Lipinski definition) is 1. The fourth-order valence-corrected chi connectivity index (χ4v) is 4.93. The smallest absolute Gasteiger partial charge is 0.243 e. The van der Waals surface area contributed by atoms with Crippen molar-refractivity contribution in [3.63, 3.8) is 0 Å². The van der Waals surface area contributed by atoms with Crippen molar-refractivity contribution in [1.82, 2.24) is 9.21 Å². The Bertz CT molecular complexity index is 961. The summed E-state index contributed by atoms with van der Waals surface area (Å²) in [5.41, 5.74) is 0.581. The summed E-state index contributed by atoms with van der Waals surface area (Å²) in [6, 6.07) is 13.0. The Morgan fingerprint density at radius 1 is 1.10 bits per heavy atom. The molecule has 1 amide bonds. The molecule has 156 valence electrons. The first-order valence-electron chi connectivity index (χ1n) is 9.26. The van der Waals surface area contributed by atoms with Crippen molar-refractivity contribution in [1.29, 1.82) is 0 Å². The lowest BCUT2D eigenvalue weighted by Crippen LogP contribution is -2.53. The summed E-state index contributed by atoms with van der Waals surface area (Å²) in [6.45, 7) is 3.43. The molecule has 1 atom stereocenters. The summed E-state index contributed by atoms with van der Waals surface area (Å²) in [7, 11) is -1.98. The number of carbonyl (C=O) groups is 1. The summed E-state index contributed by atoms with van der Waals surface area (Å²) >= 11 is 6.10. The van der Waals surface area contributed by atoms with Crippen molar-refractivity contribution in [2.45, 2.75) is 17.9 Å². The van der Waals surface area contributed by atoms with Crippen LogP contribution in [0.2, 0.25) is 5.02 Å². The Labute approximate surface area is 176 Å². The Balaban J connectivity index is 1.59. The third kappa shape index (κ3) is 4.90. The number of benzene rings is 2. The van der Waals surface area contributed by atoms with E-state index in [1.54, 1.807) is 48.5 Å². The molecule has 9 heteroatoms. The molecular weight excluding hydrogens is 414 g/mol. The van der Waals surface area contributed by atoms with Crippen LogP contribution in [0.5, 0.6) is 5.75 Å². The van der Waals surface area contributed by atoms with Crippen LogP contribution in [0, 0.1) is 0 Å². The standard InChI is InChI=1S/C20H24ClN3O4S/c1-15(20(25)22-16-8-9-19(28-2)18(21)14-16)23-10-12-24(13-11-23)29(26,27)17-6-4-3-5-7-17/h3-9,14-15H,10-13H2,1-2H3,(H,22,25). The van der Waals surface area contributed by atoms with E-state index in [-0.39, 0.29) is 10.8 Å². The van der Waals surface area contributed by atoms with E-state index in [9.17, 15) is 13.2 Å². The van der Waals surface area contributed by atoms with Crippen molar-refractivity contribution >= 4 is 33.2 Å². The van der Waals surface area contributed by atoms with E-state index in [4.69, 9.17) is 16.3 Å². The number of carbonyl (C=O) groups excluding carboxylic acids is 1. The maximum Gasteiger partial charge on any atom is 0.243 e. The minimum absolute atomic E-state index is 0.175. The quantitative estimate of drug-likeness (QED) is 0.751. The van der Waals surface area contributed by atoms with Gasteiger partial charge in [-0.1, -0.05) is 29.8 Å². The second-order valence-electron chi connectivity index (χ2n) is 6.77. The van der Waals surface area contributed by atoms with Gasteiger partial charge in [0.25, 0.3) is 0 Å². The van der Waals surface area contributed by atoms with E-state index in [1.807, 2.05) is 11.8 Å². The van der Waals surface area contributed by atoms with Gasteiger partial charge in [0.2, 0.25) is 15.9 Å². The molecule has 0 radical (unpaired) electrons. The van der Waals surface area contributed by atoms with Crippen LogP contribution < -0.4 is 10.1 Å². The molecule has 3 rings (SSSR count). The Kier molecular flexibility index (Phi) is 6.79. The van der Waals surface area contributed by atoms with Gasteiger partial charge in [-0.2, -0.15) is 4.31 Å². The van der Waals surface area contributed by atoms with Gasteiger partial charge in [0.05, 0.1) is 23.1 Å². The Morgan fingerprint density at radius 2 is 1.76 bits per heavy atom. The Morgan fingerprint density at radius 3 is 2.34 bits per heavy atom. The van der Waals surface area contributed by atoms with Crippen LogP contribution in [-0.2, 0) is 14.8 Å². The SMILES string of the molecule is COc1ccc(NC(=O)C(C)N2CCN(S(=O)(=O)c3ccccc3)CC2)cc1Cl. The first-order chi connectivity index (χ1) is 13.8. The average molecular weight is 438 g/mol. The summed E-state index contributed by atoms with van der Waals surface area (Å²) in [5.74, 6) is 0.360. The zero-order valence-corrected chi connectivity index (χ0v) is 17.9. The molecule has 2 aromatic carbocycles. The second-order valence-corrected chi connectivity index (χ2v) is 9.11. The number of anilines is 1. The molecule has 1 N–H and O–H groups in total. The van der Waals surface area contributed by atoms with E-state index in [0.717, 1.165) is 0 Å². The number of hydrogen-bond acceptors (Lipinski definition) is 5. The third-order valence-corrected chi connectivity index (χ3v) is 7.21. The molecule has 1 aliphatic heterocycles. The van der Waals surface area contributed by atoms with Crippen LogP contribution in [-0.4, -0.2) is 62.9 Å². The maximum atomic E-state index is 12.7. The lowest BCUT2D eigenvalue weighted by atomic mass is 10.2. The molecule has 1 aliphatic rings. The molecule has 0 bridgehead atoms. The molecule has 1 heterocycles. The van der Waals surface area contributed by atoms with Gasteiger partial charge < -0.3 is 10.1 Å². The molecule has 0 aromatic heterocycles. The third-order valence-electron chi connectivity index (χ3n) is 5.00. The van der Waals surface area contributed by atoms with Crippen molar-refractivity contribution in [2.75, 3.05) is 38.6 Å². The monoisotopic (exact) mass is 437 g/mol. The lowest BCUT2D eigenvalue weighted by molar-refractivity contribution is -0.121. The van der Waals surface area contributed by atoms with Gasteiger partial charge in [-0.3, -0.25) is 9.69 Å². The van der Waals surface area contributed by atoms with Gasteiger partial charge in [-0.15, -0.1) is 0 Å². The molecular formula is C20H24ClN3O4S. The molecule has 1 saturated heterocycles. The van der Waals surface area contributed by atoms with E-state index in [0.29, 0.717) is 42.6 Å². The summed E-state index contributed by atoms with van der Waals surface area (Å²) < 4.78 is 32.0. The van der Waals surface area contributed by atoms with E-state index in [1.165, 1.54) is 11.4 Å². The number of nitrogens with one attached hydrogen (secondary N) is 1. The highest BCUT2D eigenvalue weighted by Gasteiger charge is 2.31. The Hall–Kier alpha value is -2.13. The number of nitrogens with zero attached hydrogens (tertiary/aromatic N) is 2. The molecule has 1 fully saturated rings. The molecule has 0 saturated carbocycles. The highest BCUT2D eigenvalue weighted by molar-refractivity contribution is 7.89. The predicted molar refractivity (Wildman–Crippen MR) is 113 cm³/mol. The summed E-state index contributed by atoms with van der Waals surface area (Å²) in [5, 5.41) is 3.26. The van der Waals surface area contributed by atoms with Crippen LogP contribution >= 0.6 is 11.6 Å². The number of halogens is 1. The van der Waals surface area contributed by atoms with Crippen molar-refractivity contribution in [3.8, 4) is 5.75 Å². The first kappa shape index (κ1) is 21.6. The highest BCUT2D eigenvalue weighted by atomic mass is 35.5. The van der Waals surface area contributed by atoms with Crippen molar-refractivity contribution in [2.24, 2.45) is 0 Å². The minimum atomic E-state index is -3.51. The van der Waals surface area contributed by atoms with Gasteiger partial charge in [0.15, 0.2) is 0 Å². The number of ether oxygens (including phenoxy) is 1. The fraction of sp³-hybridized carbons (Fsp3) is 0.350. The van der Waals surface area contributed by atoms with E-state index < -0.39 is 16.1 Å². The van der Waals surface area contributed by atoms with Gasteiger partial charge in [-0.25, -0.2) is 8.42 Å². The molecule has 0 aliphatic carbocycles. The largest absolute Gasteiger partial charge is 0.495 e. The van der Waals surface area contributed by atoms with Gasteiger partial charge in [0, 0.05) is 31.9 Å². The van der Waals surface area contributed by atoms with Gasteiger partial charge >= 0.3 is 0 Å². The van der Waals surface area contributed by atoms with Gasteiger partial charge in [0.1, 0.15) is 5.75 Å². The van der Waals surface area contributed by atoms with Crippen molar-refractivity contribution in [3.05, 3.63) is 53.6 Å². The molecule has 2 aromatic rings. The van der Waals surface area contributed by atoms with Crippen LogP contribution in [0.25, 0.3) is 0 Å². The van der Waals surface area contributed by atoms with E-state index in [2.05, 4.69) is 5.32 Å². The van der Waals surface area contributed by atoms with Crippen molar-refractivity contribution < 1.29 is 17.9 Å². The topological polar surface area (TPSA) is 79.0 Å². The summed E-state index contributed by atoms with van der Waals surface area (Å²) in [6.07, 6.45) is 0. The van der Waals surface area contributed by atoms with Gasteiger partial charge in [-0.05, 0) is 37.3 Å².